The van der Waals surface area contributed by atoms with Gasteiger partial charge >= 0.3 is 0 Å². The van der Waals surface area contributed by atoms with E-state index in [0.717, 1.165) is 25.3 Å². The van der Waals surface area contributed by atoms with Crippen LogP contribution in [0, 0.1) is 5.82 Å². The summed E-state index contributed by atoms with van der Waals surface area (Å²) in [6, 6.07) is 3.68. The fraction of sp³-hybridized carbons (Fsp3) is 0.500. The number of nitrogens with two attached hydrogens (primary N) is 1. The van der Waals surface area contributed by atoms with E-state index in [4.69, 9.17) is 17.3 Å². The molecular formula is C16H22Cl2FN3O2. The summed E-state index contributed by atoms with van der Waals surface area (Å²) in [5.41, 5.74) is 5.63. The third-order valence-electron chi connectivity index (χ3n) is 3.96. The van der Waals surface area contributed by atoms with Crippen LogP contribution in [0.4, 0.5) is 4.39 Å². The van der Waals surface area contributed by atoms with Crippen LogP contribution in [0.15, 0.2) is 18.2 Å². The van der Waals surface area contributed by atoms with Gasteiger partial charge in [0.25, 0.3) is 5.91 Å². The highest BCUT2D eigenvalue weighted by Crippen LogP contribution is 2.24. The second-order valence-electron chi connectivity index (χ2n) is 5.62. The molecule has 8 heteroatoms. The maximum Gasteiger partial charge on any atom is 0.255 e. The van der Waals surface area contributed by atoms with E-state index in [9.17, 15) is 14.0 Å². The van der Waals surface area contributed by atoms with Gasteiger partial charge in [-0.25, -0.2) is 4.39 Å². The summed E-state index contributed by atoms with van der Waals surface area (Å²) >= 11 is 5.99. The van der Waals surface area contributed by atoms with Crippen molar-refractivity contribution in [2.24, 2.45) is 5.73 Å². The summed E-state index contributed by atoms with van der Waals surface area (Å²) in [5, 5.41) is 2.91. The van der Waals surface area contributed by atoms with Crippen molar-refractivity contribution in [2.75, 3.05) is 19.6 Å². The molecule has 24 heavy (non-hydrogen) atoms. The van der Waals surface area contributed by atoms with E-state index in [1.165, 1.54) is 12.1 Å². The highest BCUT2D eigenvalue weighted by molar-refractivity contribution is 6.33. The quantitative estimate of drug-likeness (QED) is 0.826. The van der Waals surface area contributed by atoms with E-state index in [0.29, 0.717) is 19.6 Å². The number of halogens is 3. The van der Waals surface area contributed by atoms with E-state index in [-0.39, 0.29) is 47.3 Å². The van der Waals surface area contributed by atoms with Gasteiger partial charge in [-0.3, -0.25) is 9.59 Å². The molecule has 0 saturated carbocycles. The van der Waals surface area contributed by atoms with Gasteiger partial charge in [0.05, 0.1) is 10.6 Å². The normalized spacial score (nSPS) is 17.1. The molecule has 0 radical (unpaired) electrons. The number of hydrogen-bond donors (Lipinski definition) is 2. The Bertz CT molecular complexity index is 586. The Morgan fingerprint density at radius 2 is 2.12 bits per heavy atom. The van der Waals surface area contributed by atoms with E-state index in [2.05, 4.69) is 5.32 Å². The molecule has 0 bridgehead atoms. The molecule has 1 aromatic carbocycles. The maximum absolute atomic E-state index is 13.1. The van der Waals surface area contributed by atoms with Crippen LogP contribution in [-0.4, -0.2) is 42.4 Å². The first-order valence-electron chi connectivity index (χ1n) is 7.75. The molecule has 1 unspecified atom stereocenters. The molecule has 1 heterocycles. The van der Waals surface area contributed by atoms with E-state index in [1.54, 1.807) is 4.90 Å². The lowest BCUT2D eigenvalue weighted by atomic mass is 10.0. The van der Waals surface area contributed by atoms with Crippen LogP contribution in [0.5, 0.6) is 0 Å². The van der Waals surface area contributed by atoms with Crippen molar-refractivity contribution in [1.29, 1.82) is 0 Å². The van der Waals surface area contributed by atoms with Gasteiger partial charge in [0, 0.05) is 32.1 Å². The number of benzene rings is 1. The van der Waals surface area contributed by atoms with Crippen molar-refractivity contribution in [3.8, 4) is 0 Å². The van der Waals surface area contributed by atoms with E-state index < -0.39 is 5.82 Å². The molecule has 1 fully saturated rings. The first kappa shape index (κ1) is 20.7. The SMILES string of the molecule is Cl.NCCC(=O)NCC1CCCCN1C(=O)c1ccc(F)cc1Cl. The molecule has 5 nitrogen and oxygen atoms in total. The minimum atomic E-state index is -0.476. The Hall–Kier alpha value is -1.37. The number of piperidine rings is 1. The summed E-state index contributed by atoms with van der Waals surface area (Å²) < 4.78 is 13.1. The zero-order chi connectivity index (χ0) is 16.8. The Balaban J connectivity index is 0.00000288. The van der Waals surface area contributed by atoms with Crippen LogP contribution < -0.4 is 11.1 Å². The van der Waals surface area contributed by atoms with Crippen LogP contribution in [0.25, 0.3) is 0 Å². The molecule has 0 spiro atoms. The predicted molar refractivity (Wildman–Crippen MR) is 94.0 cm³/mol. The third kappa shape index (κ3) is 5.33. The number of rotatable bonds is 5. The molecule has 0 aliphatic carbocycles. The van der Waals surface area contributed by atoms with Gasteiger partial charge in [0.15, 0.2) is 0 Å². The number of nitrogens with one attached hydrogen (secondary N) is 1. The molecule has 1 atom stereocenters. The Kier molecular flexibility index (Phi) is 8.45. The lowest BCUT2D eigenvalue weighted by Gasteiger charge is -2.36. The van der Waals surface area contributed by atoms with Crippen molar-refractivity contribution in [2.45, 2.75) is 31.7 Å². The molecule has 134 valence electrons. The molecule has 2 amide bonds. The van der Waals surface area contributed by atoms with Crippen molar-refractivity contribution >= 4 is 35.8 Å². The van der Waals surface area contributed by atoms with Crippen molar-refractivity contribution in [1.82, 2.24) is 10.2 Å². The third-order valence-corrected chi connectivity index (χ3v) is 4.27. The van der Waals surface area contributed by atoms with Crippen molar-refractivity contribution in [3.63, 3.8) is 0 Å². The second kappa shape index (κ2) is 9.81. The monoisotopic (exact) mass is 377 g/mol. The average molecular weight is 378 g/mol. The molecule has 1 aromatic rings. The molecule has 1 aliphatic rings. The number of hydrogen-bond acceptors (Lipinski definition) is 3. The Morgan fingerprint density at radius 3 is 2.79 bits per heavy atom. The molecule has 3 N–H and O–H groups in total. The van der Waals surface area contributed by atoms with E-state index >= 15 is 0 Å². The minimum Gasteiger partial charge on any atom is -0.354 e. The number of amides is 2. The number of nitrogens with zero attached hydrogens (tertiary/aromatic N) is 1. The smallest absolute Gasteiger partial charge is 0.255 e. The highest BCUT2D eigenvalue weighted by Gasteiger charge is 2.28. The zero-order valence-electron chi connectivity index (χ0n) is 13.3. The predicted octanol–water partition coefficient (Wildman–Crippen LogP) is 2.36. The van der Waals surface area contributed by atoms with Gasteiger partial charge < -0.3 is 16.0 Å². The Morgan fingerprint density at radius 1 is 1.38 bits per heavy atom. The topological polar surface area (TPSA) is 75.4 Å². The van der Waals surface area contributed by atoms with Crippen molar-refractivity contribution < 1.29 is 14.0 Å². The zero-order valence-corrected chi connectivity index (χ0v) is 14.8. The number of carbonyl (C=O) groups excluding carboxylic acids is 2. The molecule has 1 saturated heterocycles. The highest BCUT2D eigenvalue weighted by atomic mass is 35.5. The summed E-state index contributed by atoms with van der Waals surface area (Å²) in [7, 11) is 0. The summed E-state index contributed by atoms with van der Waals surface area (Å²) in [4.78, 5) is 26.0. The van der Waals surface area contributed by atoms with Crippen LogP contribution >= 0.6 is 24.0 Å². The molecular weight excluding hydrogens is 356 g/mol. The van der Waals surface area contributed by atoms with Gasteiger partial charge in [-0.2, -0.15) is 0 Å². The van der Waals surface area contributed by atoms with Crippen LogP contribution in [0.1, 0.15) is 36.0 Å². The van der Waals surface area contributed by atoms with Gasteiger partial charge in [-0.05, 0) is 37.5 Å². The van der Waals surface area contributed by atoms with Crippen LogP contribution in [-0.2, 0) is 4.79 Å². The van der Waals surface area contributed by atoms with E-state index in [1.807, 2.05) is 0 Å². The lowest BCUT2D eigenvalue weighted by Crippen LogP contribution is -2.49. The average Bonchev–Trinajstić information content (AvgIpc) is 2.53. The van der Waals surface area contributed by atoms with Gasteiger partial charge in [0.2, 0.25) is 5.91 Å². The Labute approximate surface area is 152 Å². The van der Waals surface area contributed by atoms with Gasteiger partial charge in [-0.1, -0.05) is 11.6 Å². The lowest BCUT2D eigenvalue weighted by molar-refractivity contribution is -0.121. The number of likely N-dealkylation sites (tertiary alicyclic amines) is 1. The van der Waals surface area contributed by atoms with Gasteiger partial charge in [0.1, 0.15) is 5.82 Å². The molecule has 1 aliphatic heterocycles. The van der Waals surface area contributed by atoms with Crippen LogP contribution in [0.2, 0.25) is 5.02 Å². The second-order valence-corrected chi connectivity index (χ2v) is 6.02. The maximum atomic E-state index is 13.1. The standard InChI is InChI=1S/C16H21ClFN3O2.ClH/c17-14-9-11(18)4-5-13(14)16(23)21-8-2-1-3-12(21)10-20-15(22)6-7-19;/h4-5,9,12H,1-3,6-8,10,19H2,(H,20,22);1H. The fourth-order valence-corrected chi connectivity index (χ4v) is 3.00. The molecule has 0 aromatic heterocycles. The van der Waals surface area contributed by atoms with Crippen molar-refractivity contribution in [3.05, 3.63) is 34.6 Å². The summed E-state index contributed by atoms with van der Waals surface area (Å²) in [6.07, 6.45) is 2.98. The first-order chi connectivity index (χ1) is 11.0. The summed E-state index contributed by atoms with van der Waals surface area (Å²) in [5.74, 6) is -0.825. The molecule has 2 rings (SSSR count). The largest absolute Gasteiger partial charge is 0.354 e. The summed E-state index contributed by atoms with van der Waals surface area (Å²) in [6.45, 7) is 1.29. The first-order valence-corrected chi connectivity index (χ1v) is 8.13. The van der Waals surface area contributed by atoms with Gasteiger partial charge in [-0.15, -0.1) is 12.4 Å². The number of carbonyl (C=O) groups is 2. The minimum absolute atomic E-state index is 0. The fourth-order valence-electron chi connectivity index (χ4n) is 2.75. The van der Waals surface area contributed by atoms with Crippen LogP contribution in [0.3, 0.4) is 0 Å².